The van der Waals surface area contributed by atoms with Crippen LogP contribution in [0.2, 0.25) is 0 Å². The van der Waals surface area contributed by atoms with E-state index in [4.69, 9.17) is 5.11 Å². The lowest BCUT2D eigenvalue weighted by atomic mass is 10.2. The monoisotopic (exact) mass is 298 g/mol. The van der Waals surface area contributed by atoms with E-state index >= 15 is 0 Å². The van der Waals surface area contributed by atoms with E-state index in [0.717, 1.165) is 36.8 Å². The molecule has 1 N–H and O–H groups in total. The standard InChI is InChI=1S/C13H22N4O2S/c1-4-5-9(2)16(3)12-14-15-13(20-8-11(18)19)17(12)10-6-7-10/h9-10H,4-8H2,1-3H3,(H,18,19). The van der Waals surface area contributed by atoms with Crippen LogP contribution in [-0.2, 0) is 4.79 Å². The summed E-state index contributed by atoms with van der Waals surface area (Å²) < 4.78 is 2.11. The normalized spacial score (nSPS) is 16.1. The molecule has 1 fully saturated rings. The Balaban J connectivity index is 2.18. The molecule has 1 aliphatic rings. The molecule has 6 nitrogen and oxygen atoms in total. The number of anilines is 1. The zero-order chi connectivity index (χ0) is 14.7. The van der Waals surface area contributed by atoms with Crippen molar-refractivity contribution >= 4 is 23.7 Å². The Morgan fingerprint density at radius 3 is 2.80 bits per heavy atom. The molecule has 0 radical (unpaired) electrons. The quantitative estimate of drug-likeness (QED) is 0.743. The summed E-state index contributed by atoms with van der Waals surface area (Å²) in [6, 6.07) is 0.839. The van der Waals surface area contributed by atoms with Crippen LogP contribution in [0.5, 0.6) is 0 Å². The first kappa shape index (κ1) is 15.2. The fraction of sp³-hybridized carbons (Fsp3) is 0.769. The van der Waals surface area contributed by atoms with Crippen molar-refractivity contribution in [3.05, 3.63) is 0 Å². The van der Waals surface area contributed by atoms with E-state index in [9.17, 15) is 4.79 Å². The Morgan fingerprint density at radius 1 is 1.55 bits per heavy atom. The molecule has 1 atom stereocenters. The second-order valence-corrected chi connectivity index (χ2v) is 6.26. The van der Waals surface area contributed by atoms with Crippen LogP contribution < -0.4 is 4.90 Å². The van der Waals surface area contributed by atoms with Gasteiger partial charge >= 0.3 is 5.97 Å². The van der Waals surface area contributed by atoms with Gasteiger partial charge in [0.05, 0.1) is 5.75 Å². The molecule has 20 heavy (non-hydrogen) atoms. The van der Waals surface area contributed by atoms with Crippen LogP contribution in [0.25, 0.3) is 0 Å². The van der Waals surface area contributed by atoms with Crippen molar-refractivity contribution in [2.45, 2.75) is 56.8 Å². The summed E-state index contributed by atoms with van der Waals surface area (Å²) >= 11 is 1.25. The molecule has 0 saturated heterocycles. The minimum Gasteiger partial charge on any atom is -0.481 e. The first-order chi connectivity index (χ1) is 9.54. The van der Waals surface area contributed by atoms with Gasteiger partial charge in [-0.05, 0) is 26.2 Å². The number of carbonyl (C=O) groups is 1. The van der Waals surface area contributed by atoms with Crippen molar-refractivity contribution in [2.24, 2.45) is 0 Å². The number of thioether (sulfide) groups is 1. The van der Waals surface area contributed by atoms with Crippen LogP contribution in [0.3, 0.4) is 0 Å². The molecule has 7 heteroatoms. The number of aromatic nitrogens is 3. The number of aliphatic carboxylic acids is 1. The van der Waals surface area contributed by atoms with Gasteiger partial charge in [-0.1, -0.05) is 25.1 Å². The molecule has 0 aliphatic heterocycles. The topological polar surface area (TPSA) is 71.2 Å². The van der Waals surface area contributed by atoms with Gasteiger partial charge in [-0.3, -0.25) is 9.36 Å². The molecule has 0 spiro atoms. The number of carboxylic acids is 1. The zero-order valence-corrected chi connectivity index (χ0v) is 13.1. The van der Waals surface area contributed by atoms with Gasteiger partial charge in [0.2, 0.25) is 5.95 Å². The number of hydrogen-bond donors (Lipinski definition) is 1. The van der Waals surface area contributed by atoms with Gasteiger partial charge in [0.25, 0.3) is 0 Å². The number of carboxylic acid groups (broad SMARTS) is 1. The molecule has 1 heterocycles. The molecule has 1 aliphatic carbocycles. The van der Waals surface area contributed by atoms with Crippen LogP contribution in [0, 0.1) is 0 Å². The molecule has 1 aromatic heterocycles. The summed E-state index contributed by atoms with van der Waals surface area (Å²) in [5.41, 5.74) is 0. The predicted octanol–water partition coefficient (Wildman–Crippen LogP) is 2.41. The number of hydrogen-bond acceptors (Lipinski definition) is 5. The maximum absolute atomic E-state index is 10.7. The van der Waals surface area contributed by atoms with Crippen molar-refractivity contribution in [2.75, 3.05) is 17.7 Å². The molecular formula is C13H22N4O2S. The van der Waals surface area contributed by atoms with Gasteiger partial charge in [0, 0.05) is 19.1 Å². The third-order valence-electron chi connectivity index (χ3n) is 3.57. The highest BCUT2D eigenvalue weighted by Crippen LogP contribution is 2.41. The summed E-state index contributed by atoms with van der Waals surface area (Å²) in [4.78, 5) is 12.9. The average Bonchev–Trinajstić information content (AvgIpc) is 3.15. The highest BCUT2D eigenvalue weighted by molar-refractivity contribution is 7.99. The third-order valence-corrected chi connectivity index (χ3v) is 4.49. The minimum atomic E-state index is -0.824. The first-order valence-corrected chi connectivity index (χ1v) is 8.05. The smallest absolute Gasteiger partial charge is 0.313 e. The fourth-order valence-electron chi connectivity index (χ4n) is 2.20. The Labute approximate surface area is 123 Å². The van der Waals surface area contributed by atoms with Crippen molar-refractivity contribution in [1.82, 2.24) is 14.8 Å². The molecule has 0 aromatic carbocycles. The highest BCUT2D eigenvalue weighted by Gasteiger charge is 2.31. The van der Waals surface area contributed by atoms with Crippen molar-refractivity contribution in [1.29, 1.82) is 0 Å². The van der Waals surface area contributed by atoms with Crippen molar-refractivity contribution in [3.8, 4) is 0 Å². The van der Waals surface area contributed by atoms with Crippen LogP contribution in [0.15, 0.2) is 5.16 Å². The summed E-state index contributed by atoms with van der Waals surface area (Å²) in [5, 5.41) is 18.0. The van der Waals surface area contributed by atoms with Gasteiger partial charge < -0.3 is 10.0 Å². The maximum atomic E-state index is 10.7. The third kappa shape index (κ3) is 3.45. The lowest BCUT2D eigenvalue weighted by Crippen LogP contribution is -2.31. The summed E-state index contributed by atoms with van der Waals surface area (Å²) in [5.74, 6) is 0.0648. The van der Waals surface area contributed by atoms with Crippen LogP contribution in [0.1, 0.15) is 45.6 Å². The molecule has 1 unspecified atom stereocenters. The molecule has 0 amide bonds. The zero-order valence-electron chi connectivity index (χ0n) is 12.2. The summed E-state index contributed by atoms with van der Waals surface area (Å²) in [6.07, 6.45) is 4.48. The molecule has 1 saturated carbocycles. The predicted molar refractivity (Wildman–Crippen MR) is 79.4 cm³/mol. The fourth-order valence-corrected chi connectivity index (χ4v) is 2.92. The van der Waals surface area contributed by atoms with Gasteiger partial charge in [0.1, 0.15) is 0 Å². The Hall–Kier alpha value is -1.24. The van der Waals surface area contributed by atoms with Crippen molar-refractivity contribution < 1.29 is 9.90 Å². The largest absolute Gasteiger partial charge is 0.481 e. The maximum Gasteiger partial charge on any atom is 0.313 e. The summed E-state index contributed by atoms with van der Waals surface area (Å²) in [6.45, 7) is 4.35. The SMILES string of the molecule is CCCC(C)N(C)c1nnc(SCC(=O)O)n1C1CC1. The van der Waals surface area contributed by atoms with Crippen LogP contribution in [0.4, 0.5) is 5.95 Å². The number of nitrogens with zero attached hydrogens (tertiary/aromatic N) is 4. The molecular weight excluding hydrogens is 276 g/mol. The van der Waals surface area contributed by atoms with Gasteiger partial charge in [-0.2, -0.15) is 0 Å². The van der Waals surface area contributed by atoms with Gasteiger partial charge in [0.15, 0.2) is 5.16 Å². The average molecular weight is 298 g/mol. The number of rotatable bonds is 8. The van der Waals surface area contributed by atoms with Crippen LogP contribution >= 0.6 is 11.8 Å². The van der Waals surface area contributed by atoms with E-state index in [0.29, 0.717) is 12.1 Å². The lowest BCUT2D eigenvalue weighted by Gasteiger charge is -2.26. The van der Waals surface area contributed by atoms with E-state index in [1.165, 1.54) is 11.8 Å². The molecule has 2 rings (SSSR count). The minimum absolute atomic E-state index is 0.0269. The lowest BCUT2D eigenvalue weighted by molar-refractivity contribution is -0.133. The van der Waals surface area contributed by atoms with E-state index in [1.807, 2.05) is 7.05 Å². The molecule has 112 valence electrons. The van der Waals surface area contributed by atoms with E-state index in [2.05, 4.69) is 33.5 Å². The Kier molecular flexibility index (Phi) is 4.91. The van der Waals surface area contributed by atoms with Gasteiger partial charge in [-0.25, -0.2) is 0 Å². The van der Waals surface area contributed by atoms with E-state index in [1.54, 1.807) is 0 Å². The Morgan fingerprint density at radius 2 is 2.25 bits per heavy atom. The first-order valence-electron chi connectivity index (χ1n) is 7.06. The van der Waals surface area contributed by atoms with Crippen LogP contribution in [-0.4, -0.2) is 44.7 Å². The van der Waals surface area contributed by atoms with E-state index in [-0.39, 0.29) is 5.75 Å². The van der Waals surface area contributed by atoms with Gasteiger partial charge in [-0.15, -0.1) is 10.2 Å². The second-order valence-electron chi connectivity index (χ2n) is 5.31. The summed E-state index contributed by atoms with van der Waals surface area (Å²) in [7, 11) is 2.04. The Bertz CT molecular complexity index is 473. The molecule has 0 bridgehead atoms. The second kappa shape index (κ2) is 6.47. The molecule has 1 aromatic rings. The van der Waals surface area contributed by atoms with E-state index < -0.39 is 5.97 Å². The van der Waals surface area contributed by atoms with Crippen molar-refractivity contribution in [3.63, 3.8) is 0 Å². The highest BCUT2D eigenvalue weighted by atomic mass is 32.2.